The molecule has 0 radical (unpaired) electrons. The fraction of sp³-hybridized carbons (Fsp3) is 0.348. The Kier molecular flexibility index (Phi) is 8.21. The molecule has 12 rings (SSSR count). The van der Waals surface area contributed by atoms with E-state index in [1.54, 1.807) is 12.5 Å². The predicted octanol–water partition coefficient (Wildman–Crippen LogP) is 5.80. The zero-order chi connectivity index (χ0) is 40.1. The first-order valence-electron chi connectivity index (χ1n) is 21.2. The van der Waals surface area contributed by atoms with Crippen molar-refractivity contribution >= 4 is 56.3 Å². The van der Waals surface area contributed by atoms with Crippen LogP contribution in [0, 0.1) is 11.8 Å². The molecule has 7 aromatic rings. The van der Waals surface area contributed by atoms with Gasteiger partial charge in [-0.3, -0.25) is 24.7 Å². The highest BCUT2D eigenvalue weighted by Crippen LogP contribution is 2.47. The van der Waals surface area contributed by atoms with Crippen molar-refractivity contribution in [1.29, 1.82) is 0 Å². The third-order valence-electron chi connectivity index (χ3n) is 13.9. The van der Waals surface area contributed by atoms with E-state index in [0.29, 0.717) is 42.6 Å². The second kappa shape index (κ2) is 13.8. The van der Waals surface area contributed by atoms with Gasteiger partial charge in [0.15, 0.2) is 5.65 Å². The Bertz CT molecular complexity index is 2800. The number of anilines is 2. The van der Waals surface area contributed by atoms with Crippen LogP contribution < -0.4 is 20.7 Å². The average molecular weight is 800 g/mol. The first kappa shape index (κ1) is 35.6. The van der Waals surface area contributed by atoms with Crippen molar-refractivity contribution in [1.82, 2.24) is 44.4 Å². The lowest BCUT2D eigenvalue weighted by atomic mass is 9.97. The topological polar surface area (TPSA) is 153 Å². The van der Waals surface area contributed by atoms with Gasteiger partial charge in [-0.15, -0.1) is 0 Å². The van der Waals surface area contributed by atoms with Crippen LogP contribution in [-0.4, -0.2) is 102 Å². The smallest absolute Gasteiger partial charge is 0.249 e. The van der Waals surface area contributed by atoms with E-state index >= 15 is 0 Å². The maximum absolute atomic E-state index is 12.9. The summed E-state index contributed by atoms with van der Waals surface area (Å²) in [5, 5.41) is 10.6. The SMILES string of the molecule is Nc1ncnc2c1c(-c1ccc(Oc3ccccc3)cc1)nn2C1CC2CN(C3CN(C4CN(c5ccc6c(c5)c5cccnc5n6C5CCC(=O)NC5=O)C4)C3)CC2C1. The van der Waals surface area contributed by atoms with Crippen LogP contribution in [0.4, 0.5) is 11.5 Å². The highest BCUT2D eigenvalue weighted by Gasteiger charge is 2.48. The number of aromatic nitrogens is 6. The van der Waals surface area contributed by atoms with Crippen molar-refractivity contribution in [3.8, 4) is 22.8 Å². The third-order valence-corrected chi connectivity index (χ3v) is 13.9. The maximum atomic E-state index is 12.9. The molecule has 4 aromatic heterocycles. The molecular formula is C46H45N11O3. The molecule has 3 N–H and O–H groups in total. The number of hydrogen-bond acceptors (Lipinski definition) is 11. The number of benzene rings is 3. The summed E-state index contributed by atoms with van der Waals surface area (Å²) in [6.45, 7) is 6.56. The van der Waals surface area contributed by atoms with Gasteiger partial charge in [-0.2, -0.15) is 5.10 Å². The number of carbonyl (C=O) groups excluding carboxylic acids is 2. The summed E-state index contributed by atoms with van der Waals surface area (Å²) in [5.41, 5.74) is 12.0. The van der Waals surface area contributed by atoms with E-state index in [-0.39, 0.29) is 17.9 Å². The number of likely N-dealkylation sites (tertiary alicyclic amines) is 2. The number of imide groups is 1. The van der Waals surface area contributed by atoms with Crippen LogP contribution in [0.15, 0.2) is 97.5 Å². The molecule has 8 heterocycles. The van der Waals surface area contributed by atoms with E-state index in [9.17, 15) is 9.59 Å². The molecule has 1 aliphatic carbocycles. The van der Waals surface area contributed by atoms with E-state index < -0.39 is 6.04 Å². The number of para-hydroxylation sites is 1. The number of pyridine rings is 1. The standard InChI is InChI=1S/C46H45N11O3/c47-43-41-42(27-8-11-35(12-9-27)60-34-5-2-1-3-6-34)52-57(45(41)50-26-49-43)31-17-28-20-53(21-29(28)18-31)32-24-55(25-32)33-22-54(23-33)30-10-13-38-37(19-30)36-7-4-16-48-44(36)56(38)39-14-15-40(58)51-46(39)59/h1-13,16,19,26,28-29,31-33,39H,14-15,17-18,20-25H2,(H2,47,49,50)(H,51,58,59). The van der Waals surface area contributed by atoms with Gasteiger partial charge in [0.2, 0.25) is 11.8 Å². The largest absolute Gasteiger partial charge is 0.457 e. The van der Waals surface area contributed by atoms with Crippen molar-refractivity contribution in [2.45, 2.75) is 49.9 Å². The second-order valence-electron chi connectivity index (χ2n) is 17.4. The number of nitrogens with two attached hydrogens (primary N) is 1. The summed E-state index contributed by atoms with van der Waals surface area (Å²) in [5.74, 6) is 2.83. The van der Waals surface area contributed by atoms with Crippen molar-refractivity contribution in [3.63, 3.8) is 0 Å². The van der Waals surface area contributed by atoms with E-state index in [1.807, 2.05) is 65.2 Å². The summed E-state index contributed by atoms with van der Waals surface area (Å²) in [7, 11) is 0. The van der Waals surface area contributed by atoms with Gasteiger partial charge in [0.05, 0.1) is 16.9 Å². The molecule has 3 unspecified atom stereocenters. The van der Waals surface area contributed by atoms with Crippen LogP contribution >= 0.6 is 0 Å². The molecule has 2 amide bonds. The minimum Gasteiger partial charge on any atom is -0.457 e. The van der Waals surface area contributed by atoms with Crippen molar-refractivity contribution in [3.05, 3.63) is 97.5 Å². The molecule has 0 bridgehead atoms. The lowest BCUT2D eigenvalue weighted by Crippen LogP contribution is -2.69. The molecule has 3 atom stereocenters. The van der Waals surface area contributed by atoms with Crippen LogP contribution in [-0.2, 0) is 9.59 Å². The fourth-order valence-electron chi connectivity index (χ4n) is 10.8. The Hall–Kier alpha value is -6.38. The molecule has 60 heavy (non-hydrogen) atoms. The normalized spacial score (nSPS) is 24.0. The number of carbonyl (C=O) groups is 2. The third kappa shape index (κ3) is 5.83. The molecule has 14 nitrogen and oxygen atoms in total. The molecular weight excluding hydrogens is 755 g/mol. The summed E-state index contributed by atoms with van der Waals surface area (Å²) in [6, 6.07) is 29.3. The van der Waals surface area contributed by atoms with E-state index in [1.165, 1.54) is 5.69 Å². The Morgan fingerprint density at radius 2 is 1.47 bits per heavy atom. The lowest BCUT2D eigenvalue weighted by molar-refractivity contribution is -0.135. The Morgan fingerprint density at radius 3 is 2.25 bits per heavy atom. The van der Waals surface area contributed by atoms with Gasteiger partial charge in [-0.25, -0.2) is 19.6 Å². The second-order valence-corrected chi connectivity index (χ2v) is 17.4. The number of nitrogens with one attached hydrogen (secondary N) is 1. The van der Waals surface area contributed by atoms with Crippen LogP contribution in [0.1, 0.15) is 37.8 Å². The van der Waals surface area contributed by atoms with Gasteiger partial charge in [-0.05, 0) is 97.8 Å². The van der Waals surface area contributed by atoms with Crippen molar-refractivity contribution < 1.29 is 14.3 Å². The number of ether oxygens (including phenoxy) is 1. The molecule has 302 valence electrons. The van der Waals surface area contributed by atoms with Gasteiger partial charge in [-0.1, -0.05) is 18.2 Å². The first-order valence-corrected chi connectivity index (χ1v) is 21.2. The maximum Gasteiger partial charge on any atom is 0.249 e. The Morgan fingerprint density at radius 1 is 0.717 bits per heavy atom. The molecule has 1 saturated carbocycles. The average Bonchev–Trinajstić information content (AvgIpc) is 3.99. The monoisotopic (exact) mass is 799 g/mol. The van der Waals surface area contributed by atoms with Gasteiger partial charge in [0.1, 0.15) is 41.0 Å². The summed E-state index contributed by atoms with van der Waals surface area (Å²) >= 11 is 0. The van der Waals surface area contributed by atoms with Gasteiger partial charge in [0, 0.05) is 86.0 Å². The Labute approximate surface area is 345 Å². The fourth-order valence-corrected chi connectivity index (χ4v) is 10.8. The van der Waals surface area contributed by atoms with E-state index in [2.05, 4.69) is 58.9 Å². The number of nitrogens with zero attached hydrogens (tertiary/aromatic N) is 9. The number of amides is 2. The minimum atomic E-state index is -0.454. The van der Waals surface area contributed by atoms with Crippen LogP contribution in [0.25, 0.3) is 44.2 Å². The molecule has 4 aliphatic heterocycles. The van der Waals surface area contributed by atoms with Crippen LogP contribution in [0.5, 0.6) is 11.5 Å². The minimum absolute atomic E-state index is 0.212. The van der Waals surface area contributed by atoms with Crippen LogP contribution in [0.3, 0.4) is 0 Å². The summed E-state index contributed by atoms with van der Waals surface area (Å²) in [6.07, 6.45) is 6.31. The number of rotatable bonds is 8. The zero-order valence-corrected chi connectivity index (χ0v) is 33.1. The van der Waals surface area contributed by atoms with Gasteiger partial charge < -0.3 is 19.9 Å². The van der Waals surface area contributed by atoms with Crippen LogP contribution in [0.2, 0.25) is 0 Å². The molecule has 0 spiro atoms. The van der Waals surface area contributed by atoms with Crippen molar-refractivity contribution in [2.75, 3.05) is 49.9 Å². The summed E-state index contributed by atoms with van der Waals surface area (Å²) < 4.78 is 10.2. The number of hydrogen-bond donors (Lipinski definition) is 2. The zero-order valence-electron chi connectivity index (χ0n) is 33.1. The van der Waals surface area contributed by atoms with Gasteiger partial charge >= 0.3 is 0 Å². The van der Waals surface area contributed by atoms with E-state index in [0.717, 1.165) is 108 Å². The lowest BCUT2D eigenvalue weighted by Gasteiger charge is -2.54. The quantitative estimate of drug-likeness (QED) is 0.179. The summed E-state index contributed by atoms with van der Waals surface area (Å²) in [4.78, 5) is 46.4. The first-order chi connectivity index (χ1) is 29.4. The number of fused-ring (bicyclic) bond motifs is 5. The van der Waals surface area contributed by atoms with E-state index in [4.69, 9.17) is 20.6 Å². The predicted molar refractivity (Wildman–Crippen MR) is 229 cm³/mol. The molecule has 14 heteroatoms. The molecule has 5 fully saturated rings. The number of piperidine rings is 1. The highest BCUT2D eigenvalue weighted by atomic mass is 16.5. The highest BCUT2D eigenvalue weighted by molar-refractivity contribution is 6.10. The Balaban J connectivity index is 0.678. The van der Waals surface area contributed by atoms with Crippen molar-refractivity contribution in [2.24, 2.45) is 11.8 Å². The van der Waals surface area contributed by atoms with Gasteiger partial charge in [0.25, 0.3) is 0 Å². The molecule has 3 aromatic carbocycles. The number of nitrogen functional groups attached to an aromatic ring is 1. The molecule has 5 aliphatic rings. The molecule has 4 saturated heterocycles.